The third-order valence-electron chi connectivity index (χ3n) is 6.28. The molecule has 0 spiro atoms. The lowest BCUT2D eigenvalue weighted by molar-refractivity contribution is -0.118. The Labute approximate surface area is 234 Å². The highest BCUT2D eigenvalue weighted by molar-refractivity contribution is 7.99. The van der Waals surface area contributed by atoms with Crippen LogP contribution < -0.4 is 5.43 Å². The molecule has 1 heterocycles. The van der Waals surface area contributed by atoms with Gasteiger partial charge >= 0.3 is 0 Å². The molecule has 0 saturated heterocycles. The summed E-state index contributed by atoms with van der Waals surface area (Å²) >= 11 is 7.41. The van der Waals surface area contributed by atoms with Gasteiger partial charge < -0.3 is 0 Å². The third-order valence-corrected chi connectivity index (χ3v) is 7.46. The molecule has 39 heavy (non-hydrogen) atoms. The van der Waals surface area contributed by atoms with E-state index < -0.39 is 0 Å². The zero-order valence-electron chi connectivity index (χ0n) is 20.7. The molecule has 1 aromatic heterocycles. The van der Waals surface area contributed by atoms with Crippen LogP contribution in [0.4, 0.5) is 0 Å². The molecular formula is C31H22ClN5OS. The van der Waals surface area contributed by atoms with Crippen LogP contribution >= 0.6 is 23.4 Å². The molecular weight excluding hydrogens is 526 g/mol. The van der Waals surface area contributed by atoms with E-state index in [-0.39, 0.29) is 11.7 Å². The van der Waals surface area contributed by atoms with Gasteiger partial charge in [-0.2, -0.15) is 5.10 Å². The summed E-state index contributed by atoms with van der Waals surface area (Å²) < 4.78 is 1.93. The molecule has 0 atom stereocenters. The first-order valence-electron chi connectivity index (χ1n) is 12.3. The van der Waals surface area contributed by atoms with E-state index in [1.807, 2.05) is 83.4 Å². The van der Waals surface area contributed by atoms with Crippen molar-refractivity contribution in [1.29, 1.82) is 0 Å². The highest BCUT2D eigenvalue weighted by Gasteiger charge is 2.17. The first-order valence-corrected chi connectivity index (χ1v) is 13.7. The maximum Gasteiger partial charge on any atom is 0.250 e. The number of thioether (sulfide) groups is 1. The SMILES string of the molecule is O=C(CSc1nnc(-c2ccccc2)n1-c1ccc(Cl)cc1)N/N=C/c1c2ccccc2cc2ccccc12. The van der Waals surface area contributed by atoms with Crippen molar-refractivity contribution in [3.63, 3.8) is 0 Å². The van der Waals surface area contributed by atoms with Crippen LogP contribution in [0.15, 0.2) is 119 Å². The Bertz CT molecular complexity index is 1760. The number of carbonyl (C=O) groups is 1. The first kappa shape index (κ1) is 24.9. The molecule has 0 aliphatic rings. The topological polar surface area (TPSA) is 72.2 Å². The van der Waals surface area contributed by atoms with Crippen molar-refractivity contribution < 1.29 is 4.79 Å². The van der Waals surface area contributed by atoms with E-state index in [0.717, 1.165) is 38.4 Å². The van der Waals surface area contributed by atoms with Gasteiger partial charge in [0.1, 0.15) is 0 Å². The second-order valence-electron chi connectivity index (χ2n) is 8.80. The van der Waals surface area contributed by atoms with Gasteiger partial charge in [0.15, 0.2) is 11.0 Å². The van der Waals surface area contributed by atoms with Crippen LogP contribution in [0, 0.1) is 0 Å². The van der Waals surface area contributed by atoms with E-state index in [9.17, 15) is 4.79 Å². The van der Waals surface area contributed by atoms with Gasteiger partial charge in [0, 0.05) is 21.8 Å². The Hall–Kier alpha value is -4.46. The molecule has 0 unspecified atom stereocenters. The van der Waals surface area contributed by atoms with E-state index in [0.29, 0.717) is 16.0 Å². The number of rotatable bonds is 7. The van der Waals surface area contributed by atoms with Crippen molar-refractivity contribution >= 4 is 57.0 Å². The highest BCUT2D eigenvalue weighted by Crippen LogP contribution is 2.29. The number of halogens is 1. The summed E-state index contributed by atoms with van der Waals surface area (Å²) in [5.74, 6) is 0.558. The summed E-state index contributed by atoms with van der Waals surface area (Å²) in [6.45, 7) is 0. The lowest BCUT2D eigenvalue weighted by Crippen LogP contribution is -2.20. The summed E-state index contributed by atoms with van der Waals surface area (Å²) in [5, 5.41) is 18.7. The van der Waals surface area contributed by atoms with Crippen molar-refractivity contribution in [2.75, 3.05) is 5.75 Å². The molecule has 0 aliphatic heterocycles. The molecule has 0 saturated carbocycles. The maximum atomic E-state index is 12.8. The molecule has 8 heteroatoms. The van der Waals surface area contributed by atoms with Crippen LogP contribution in [-0.2, 0) is 4.79 Å². The molecule has 0 radical (unpaired) electrons. The lowest BCUT2D eigenvalue weighted by atomic mass is 9.97. The second-order valence-corrected chi connectivity index (χ2v) is 10.2. The number of hydrazone groups is 1. The van der Waals surface area contributed by atoms with Gasteiger partial charge in [0.2, 0.25) is 0 Å². The summed E-state index contributed by atoms with van der Waals surface area (Å²) in [6.07, 6.45) is 1.72. The van der Waals surface area contributed by atoms with E-state index in [2.05, 4.69) is 51.1 Å². The lowest BCUT2D eigenvalue weighted by Gasteiger charge is -2.10. The molecule has 6 nitrogen and oxygen atoms in total. The van der Waals surface area contributed by atoms with Crippen molar-refractivity contribution in [2.45, 2.75) is 5.16 Å². The second kappa shape index (κ2) is 11.1. The van der Waals surface area contributed by atoms with Crippen molar-refractivity contribution in [3.8, 4) is 17.1 Å². The highest BCUT2D eigenvalue weighted by atomic mass is 35.5. The predicted molar refractivity (Wildman–Crippen MR) is 160 cm³/mol. The molecule has 0 fully saturated rings. The number of amides is 1. The van der Waals surface area contributed by atoms with Crippen molar-refractivity contribution in [3.05, 3.63) is 120 Å². The Kier molecular flexibility index (Phi) is 7.08. The molecule has 6 rings (SSSR count). The van der Waals surface area contributed by atoms with Gasteiger partial charge in [-0.1, -0.05) is 102 Å². The Morgan fingerprint density at radius 3 is 2.18 bits per heavy atom. The Balaban J connectivity index is 1.22. The summed E-state index contributed by atoms with van der Waals surface area (Å²) in [7, 11) is 0. The number of nitrogens with zero attached hydrogens (tertiary/aromatic N) is 4. The number of hydrogen-bond donors (Lipinski definition) is 1. The van der Waals surface area contributed by atoms with Gasteiger partial charge in [0.25, 0.3) is 5.91 Å². The number of nitrogens with one attached hydrogen (secondary N) is 1. The van der Waals surface area contributed by atoms with Crippen LogP contribution in [0.3, 0.4) is 0 Å². The number of fused-ring (bicyclic) bond motifs is 2. The van der Waals surface area contributed by atoms with Crippen LogP contribution in [0.5, 0.6) is 0 Å². The number of hydrogen-bond acceptors (Lipinski definition) is 5. The van der Waals surface area contributed by atoms with Gasteiger partial charge in [-0.05, 0) is 51.9 Å². The largest absolute Gasteiger partial charge is 0.272 e. The smallest absolute Gasteiger partial charge is 0.250 e. The molecule has 6 aromatic rings. The van der Waals surface area contributed by atoms with Gasteiger partial charge in [0.05, 0.1) is 12.0 Å². The quantitative estimate of drug-likeness (QED) is 0.0998. The van der Waals surface area contributed by atoms with Crippen molar-refractivity contribution in [1.82, 2.24) is 20.2 Å². The first-order chi connectivity index (χ1) is 19.2. The molecule has 0 aliphatic carbocycles. The molecule has 190 valence electrons. The fourth-order valence-corrected chi connectivity index (χ4v) is 5.35. The maximum absolute atomic E-state index is 12.8. The normalized spacial score (nSPS) is 11.4. The van der Waals surface area contributed by atoms with Gasteiger partial charge in [-0.25, -0.2) is 5.43 Å². The fraction of sp³-hybridized carbons (Fsp3) is 0.0323. The number of aromatic nitrogens is 3. The Morgan fingerprint density at radius 2 is 1.49 bits per heavy atom. The van der Waals surface area contributed by atoms with E-state index in [1.165, 1.54) is 11.8 Å². The molecule has 5 aromatic carbocycles. The zero-order valence-corrected chi connectivity index (χ0v) is 22.2. The fourth-order valence-electron chi connectivity index (χ4n) is 4.48. The molecule has 0 bridgehead atoms. The third kappa shape index (κ3) is 5.27. The average Bonchev–Trinajstić information content (AvgIpc) is 3.40. The standard InChI is InChI=1S/C31H22ClN5OS/c32-24-14-16-25(17-15-24)37-30(21-8-2-1-3-9-21)35-36-31(37)39-20-29(38)34-33-19-28-26-12-6-4-10-22(26)18-23-11-5-7-13-27(23)28/h1-19H,20H2,(H,34,38)/b33-19+. The van der Waals surface area contributed by atoms with Crippen LogP contribution in [-0.4, -0.2) is 32.6 Å². The van der Waals surface area contributed by atoms with E-state index >= 15 is 0 Å². The summed E-state index contributed by atoms with van der Waals surface area (Å²) in [6, 6.07) is 35.7. The minimum Gasteiger partial charge on any atom is -0.272 e. The summed E-state index contributed by atoms with van der Waals surface area (Å²) in [4.78, 5) is 12.8. The van der Waals surface area contributed by atoms with Crippen LogP contribution in [0.1, 0.15) is 5.56 Å². The monoisotopic (exact) mass is 547 g/mol. The van der Waals surface area contributed by atoms with E-state index in [4.69, 9.17) is 11.6 Å². The van der Waals surface area contributed by atoms with Crippen LogP contribution in [0.2, 0.25) is 5.02 Å². The number of carbonyl (C=O) groups excluding carboxylic acids is 1. The predicted octanol–water partition coefficient (Wildman–Crippen LogP) is 7.14. The average molecular weight is 548 g/mol. The van der Waals surface area contributed by atoms with Gasteiger partial charge in [-0.3, -0.25) is 9.36 Å². The molecule has 1 amide bonds. The Morgan fingerprint density at radius 1 is 0.846 bits per heavy atom. The van der Waals surface area contributed by atoms with Crippen LogP contribution in [0.25, 0.3) is 38.6 Å². The summed E-state index contributed by atoms with van der Waals surface area (Å²) in [5.41, 5.74) is 5.41. The van der Waals surface area contributed by atoms with Crippen molar-refractivity contribution in [2.24, 2.45) is 5.10 Å². The minimum atomic E-state index is -0.243. The van der Waals surface area contributed by atoms with E-state index in [1.54, 1.807) is 6.21 Å². The minimum absolute atomic E-state index is 0.119. The number of benzene rings is 5. The molecule has 1 N–H and O–H groups in total. The van der Waals surface area contributed by atoms with Gasteiger partial charge in [-0.15, -0.1) is 10.2 Å². The zero-order chi connectivity index (χ0) is 26.6.